The molecular formula is C23H27N3O4. The molecule has 2 atom stereocenters. The molecule has 0 aromatic heterocycles. The van der Waals surface area contributed by atoms with Gasteiger partial charge in [0.15, 0.2) is 6.10 Å². The number of ether oxygens (including phenoxy) is 1. The number of hydrogen-bond donors (Lipinski definition) is 3. The van der Waals surface area contributed by atoms with Crippen LogP contribution in [0.1, 0.15) is 43.1 Å². The van der Waals surface area contributed by atoms with Crippen molar-refractivity contribution >= 4 is 29.1 Å². The number of benzene rings is 2. The lowest BCUT2D eigenvalue weighted by molar-refractivity contribution is -0.122. The van der Waals surface area contributed by atoms with Crippen LogP contribution in [0.2, 0.25) is 0 Å². The van der Waals surface area contributed by atoms with E-state index in [1.54, 1.807) is 37.3 Å². The average molecular weight is 409 g/mol. The minimum Gasteiger partial charge on any atom is -0.479 e. The lowest BCUT2D eigenvalue weighted by Gasteiger charge is -2.24. The van der Waals surface area contributed by atoms with E-state index in [1.807, 2.05) is 32.9 Å². The molecule has 1 aliphatic rings. The predicted molar refractivity (Wildman–Crippen MR) is 116 cm³/mol. The highest BCUT2D eigenvalue weighted by molar-refractivity contribution is 6.03. The third-order valence-electron chi connectivity index (χ3n) is 4.90. The van der Waals surface area contributed by atoms with Gasteiger partial charge in [0, 0.05) is 11.3 Å². The van der Waals surface area contributed by atoms with Crippen molar-refractivity contribution < 1.29 is 19.1 Å². The van der Waals surface area contributed by atoms with Gasteiger partial charge in [-0.2, -0.15) is 0 Å². The summed E-state index contributed by atoms with van der Waals surface area (Å²) in [4.78, 5) is 37.5. The molecule has 7 heteroatoms. The van der Waals surface area contributed by atoms with Gasteiger partial charge in [0.25, 0.3) is 11.8 Å². The van der Waals surface area contributed by atoms with Gasteiger partial charge in [-0.15, -0.1) is 0 Å². The summed E-state index contributed by atoms with van der Waals surface area (Å²) in [5, 5.41) is 8.45. The minimum absolute atomic E-state index is 0.204. The molecule has 30 heavy (non-hydrogen) atoms. The molecule has 7 nitrogen and oxygen atoms in total. The summed E-state index contributed by atoms with van der Waals surface area (Å²) < 4.78 is 5.54. The summed E-state index contributed by atoms with van der Waals surface area (Å²) in [6.07, 6.45) is -0.0730. The first-order valence-corrected chi connectivity index (χ1v) is 10.0. The Labute approximate surface area is 176 Å². The van der Waals surface area contributed by atoms with E-state index in [0.717, 1.165) is 5.56 Å². The number of hydrogen-bond acceptors (Lipinski definition) is 4. The molecule has 2 aromatic rings. The molecule has 0 fully saturated rings. The Morgan fingerprint density at radius 1 is 1.17 bits per heavy atom. The number of aryl methyl sites for hydroxylation is 1. The summed E-state index contributed by atoms with van der Waals surface area (Å²) in [5.41, 5.74) is 2.40. The second-order valence-corrected chi connectivity index (χ2v) is 7.92. The molecule has 3 rings (SSSR count). The van der Waals surface area contributed by atoms with Crippen LogP contribution in [0.25, 0.3) is 0 Å². The van der Waals surface area contributed by atoms with E-state index < -0.39 is 12.1 Å². The maximum Gasteiger partial charge on any atom is 0.265 e. The highest BCUT2D eigenvalue weighted by Gasteiger charge is 2.26. The van der Waals surface area contributed by atoms with E-state index >= 15 is 0 Å². The molecule has 1 aliphatic heterocycles. The van der Waals surface area contributed by atoms with E-state index in [9.17, 15) is 14.4 Å². The van der Waals surface area contributed by atoms with Crippen molar-refractivity contribution in [1.29, 1.82) is 0 Å². The molecule has 0 radical (unpaired) electrons. The zero-order valence-electron chi connectivity index (χ0n) is 17.6. The van der Waals surface area contributed by atoms with Gasteiger partial charge in [-0.1, -0.05) is 32.0 Å². The fourth-order valence-electron chi connectivity index (χ4n) is 3.28. The second kappa shape index (κ2) is 8.98. The molecule has 1 heterocycles. The topological polar surface area (TPSA) is 96.5 Å². The Hall–Kier alpha value is -3.35. The molecule has 0 bridgehead atoms. The summed E-state index contributed by atoms with van der Waals surface area (Å²) in [7, 11) is 0. The first-order chi connectivity index (χ1) is 14.2. The average Bonchev–Trinajstić information content (AvgIpc) is 2.68. The normalized spacial score (nSPS) is 16.2. The standard InChI is InChI=1S/C23H27N3O4/c1-13(2)11-19(26-22(28)17-8-6-5-7-14(17)3)23(29)24-16-9-10-20-18(12-16)25-21(27)15(4)30-20/h5-10,12-13,15,19H,11H2,1-4H3,(H,24,29)(H,25,27)(H,26,28)/t15-,19+/m1/s1. The number of anilines is 2. The monoisotopic (exact) mass is 409 g/mol. The van der Waals surface area contributed by atoms with E-state index in [2.05, 4.69) is 16.0 Å². The number of carbonyl (C=O) groups excluding carboxylic acids is 3. The van der Waals surface area contributed by atoms with Crippen LogP contribution in [-0.4, -0.2) is 29.9 Å². The van der Waals surface area contributed by atoms with E-state index in [4.69, 9.17) is 4.74 Å². The smallest absolute Gasteiger partial charge is 0.265 e. The molecular weight excluding hydrogens is 382 g/mol. The van der Waals surface area contributed by atoms with Gasteiger partial charge in [0.2, 0.25) is 5.91 Å². The van der Waals surface area contributed by atoms with E-state index in [-0.39, 0.29) is 23.6 Å². The zero-order chi connectivity index (χ0) is 21.8. The highest BCUT2D eigenvalue weighted by Crippen LogP contribution is 2.32. The maximum absolute atomic E-state index is 12.9. The first kappa shape index (κ1) is 21.4. The molecule has 0 saturated carbocycles. The van der Waals surface area contributed by atoms with Gasteiger partial charge >= 0.3 is 0 Å². The Morgan fingerprint density at radius 2 is 1.90 bits per heavy atom. The number of nitrogens with one attached hydrogen (secondary N) is 3. The van der Waals surface area contributed by atoms with Crippen LogP contribution in [0.4, 0.5) is 11.4 Å². The molecule has 2 aromatic carbocycles. The van der Waals surface area contributed by atoms with Crippen LogP contribution in [0, 0.1) is 12.8 Å². The molecule has 3 N–H and O–H groups in total. The first-order valence-electron chi connectivity index (χ1n) is 10.0. The van der Waals surface area contributed by atoms with Gasteiger partial charge in [-0.25, -0.2) is 0 Å². The zero-order valence-corrected chi connectivity index (χ0v) is 17.6. The number of carbonyl (C=O) groups is 3. The largest absolute Gasteiger partial charge is 0.479 e. The Kier molecular flexibility index (Phi) is 6.40. The quantitative estimate of drug-likeness (QED) is 0.680. The summed E-state index contributed by atoms with van der Waals surface area (Å²) in [6, 6.07) is 11.6. The van der Waals surface area contributed by atoms with Gasteiger partial charge < -0.3 is 20.7 Å². The van der Waals surface area contributed by atoms with Gasteiger partial charge in [0.05, 0.1) is 5.69 Å². The third-order valence-corrected chi connectivity index (χ3v) is 4.90. The summed E-state index contributed by atoms with van der Waals surface area (Å²) >= 11 is 0. The molecule has 0 spiro atoms. The van der Waals surface area contributed by atoms with Crippen molar-refractivity contribution in [3.05, 3.63) is 53.6 Å². The third kappa shape index (κ3) is 4.97. The Balaban J connectivity index is 1.74. The van der Waals surface area contributed by atoms with Crippen LogP contribution < -0.4 is 20.7 Å². The van der Waals surface area contributed by atoms with Crippen molar-refractivity contribution in [1.82, 2.24) is 5.32 Å². The SMILES string of the molecule is Cc1ccccc1C(=O)N[C@@H](CC(C)C)C(=O)Nc1ccc2c(c1)NC(=O)[C@@H](C)O2. The number of amides is 3. The second-order valence-electron chi connectivity index (χ2n) is 7.92. The van der Waals surface area contributed by atoms with Crippen LogP contribution >= 0.6 is 0 Å². The molecule has 3 amide bonds. The van der Waals surface area contributed by atoms with Crippen molar-refractivity contribution in [2.24, 2.45) is 5.92 Å². The number of rotatable bonds is 6. The van der Waals surface area contributed by atoms with Gasteiger partial charge in [0.1, 0.15) is 11.8 Å². The highest BCUT2D eigenvalue weighted by atomic mass is 16.5. The van der Waals surface area contributed by atoms with Crippen LogP contribution in [0.3, 0.4) is 0 Å². The minimum atomic E-state index is -0.695. The van der Waals surface area contributed by atoms with Crippen molar-refractivity contribution in [2.75, 3.05) is 10.6 Å². The summed E-state index contributed by atoms with van der Waals surface area (Å²) in [6.45, 7) is 7.51. The van der Waals surface area contributed by atoms with E-state index in [1.165, 1.54) is 0 Å². The fourth-order valence-corrected chi connectivity index (χ4v) is 3.28. The number of fused-ring (bicyclic) bond motifs is 1. The Morgan fingerprint density at radius 3 is 2.60 bits per heavy atom. The van der Waals surface area contributed by atoms with Crippen LogP contribution in [0.15, 0.2) is 42.5 Å². The molecule has 0 unspecified atom stereocenters. The Bertz CT molecular complexity index is 971. The van der Waals surface area contributed by atoms with Gasteiger partial charge in [-0.3, -0.25) is 14.4 Å². The van der Waals surface area contributed by atoms with Crippen molar-refractivity contribution in [3.63, 3.8) is 0 Å². The summed E-state index contributed by atoms with van der Waals surface area (Å²) in [5.74, 6) is -0.0903. The maximum atomic E-state index is 12.9. The lowest BCUT2D eigenvalue weighted by atomic mass is 10.0. The van der Waals surface area contributed by atoms with Crippen LogP contribution in [-0.2, 0) is 9.59 Å². The molecule has 0 aliphatic carbocycles. The predicted octanol–water partition coefficient (Wildman–Crippen LogP) is 3.50. The van der Waals surface area contributed by atoms with Crippen molar-refractivity contribution in [3.8, 4) is 5.75 Å². The van der Waals surface area contributed by atoms with Gasteiger partial charge in [-0.05, 0) is 56.0 Å². The molecule has 158 valence electrons. The fraction of sp³-hybridized carbons (Fsp3) is 0.348. The van der Waals surface area contributed by atoms with Crippen molar-refractivity contribution in [2.45, 2.75) is 46.3 Å². The van der Waals surface area contributed by atoms with Crippen LogP contribution in [0.5, 0.6) is 5.75 Å². The lowest BCUT2D eigenvalue weighted by Crippen LogP contribution is -2.44. The molecule has 0 saturated heterocycles. The van der Waals surface area contributed by atoms with E-state index in [0.29, 0.717) is 29.1 Å².